The Morgan fingerprint density at radius 1 is 1.23 bits per heavy atom. The summed E-state index contributed by atoms with van der Waals surface area (Å²) in [7, 11) is 4.33. The average Bonchev–Trinajstić information content (AvgIpc) is 2.77. The fraction of sp³-hybridized carbons (Fsp3) is 0.368. The molecule has 0 spiro atoms. The molecule has 0 saturated carbocycles. The maximum absolute atomic E-state index is 11.8. The first-order chi connectivity index (χ1) is 15.9. The summed E-state index contributed by atoms with van der Waals surface area (Å²) in [4.78, 5) is 31.5. The van der Waals surface area contributed by atoms with Crippen molar-refractivity contribution in [2.45, 2.75) is 18.1 Å². The first-order valence-corrected chi connectivity index (χ1v) is 9.80. The molecule has 2 aromatic rings. The smallest absolute Gasteiger partial charge is 0.327 e. The van der Waals surface area contributed by atoms with Gasteiger partial charge in [-0.1, -0.05) is 0 Å². The molecule has 168 valence electrons. The summed E-state index contributed by atoms with van der Waals surface area (Å²) in [5, 5.41) is 10.9. The Morgan fingerprint density at radius 3 is 2.35 bits per heavy atom. The summed E-state index contributed by atoms with van der Waals surface area (Å²) in [6, 6.07) is 1.79. The third kappa shape index (κ3) is 5.81. The van der Waals surface area contributed by atoms with Gasteiger partial charge < -0.3 is 36.1 Å². The number of hydrogen-bond acceptors (Lipinski definition) is 10. The second-order valence-corrected chi connectivity index (χ2v) is 7.24. The lowest BCUT2D eigenvalue weighted by Crippen LogP contribution is -2.41. The molecule has 2 atom stereocenters. The number of aliphatic carboxylic acids is 1. The molecule has 1 amide bonds. The number of methoxy groups -OCH3 is 3. The van der Waals surface area contributed by atoms with E-state index in [0.29, 0.717) is 28.4 Å². The van der Waals surface area contributed by atoms with Gasteiger partial charge in [0.05, 0.1) is 26.6 Å². The Hall–Kier alpha value is -3.41. The fourth-order valence-electron chi connectivity index (χ4n) is 2.76. The van der Waals surface area contributed by atoms with Crippen LogP contribution in [0.25, 0.3) is 0 Å². The molecule has 1 aromatic carbocycles. The molecule has 2 rings (SSSR count). The van der Waals surface area contributed by atoms with Gasteiger partial charge in [-0.25, -0.2) is 9.78 Å². The van der Waals surface area contributed by atoms with E-state index in [9.17, 15) is 14.7 Å². The molecular formula is C19H25N5O6S. The number of thioether (sulfide) groups is 1. The number of hydrogen-bond donors (Lipinski definition) is 4. The minimum absolute atomic E-state index is 0.0526. The minimum Gasteiger partial charge on any atom is -0.493 e. The van der Waals surface area contributed by atoms with Crippen LogP contribution in [-0.2, 0) is 9.59 Å². The summed E-state index contributed by atoms with van der Waals surface area (Å²) < 4.78 is 37.7. The van der Waals surface area contributed by atoms with Crippen molar-refractivity contribution >= 4 is 35.4 Å². The number of aromatic nitrogens is 2. The summed E-state index contributed by atoms with van der Waals surface area (Å²) >= 11 is 1.06. The molecule has 1 heterocycles. The van der Waals surface area contributed by atoms with Crippen LogP contribution in [0.5, 0.6) is 17.2 Å². The van der Waals surface area contributed by atoms with Crippen molar-refractivity contribution in [2.75, 3.05) is 38.5 Å². The van der Waals surface area contributed by atoms with E-state index in [-0.39, 0.29) is 17.5 Å². The van der Waals surface area contributed by atoms with E-state index in [4.69, 9.17) is 29.8 Å². The number of nitrogens with zero attached hydrogens (tertiary/aromatic N) is 2. The topological polar surface area (TPSA) is 172 Å². The standard InChI is InChI=1S/C19H25N5O6S/c1-9(25)23-12(18(26)27)8-31-16(11-7-22-19(21)24-17(11)20)10-5-13(28-2)15(30-4)14(6-10)29-3/h5-7,12,16H,8H2,1-4H3,(H,23,25)(H,26,27)(H4,20,21,22,24)/t12-,16?/m0/s1/i1D3. The van der Waals surface area contributed by atoms with Crippen LogP contribution in [0.3, 0.4) is 0 Å². The number of carbonyl (C=O) groups is 2. The van der Waals surface area contributed by atoms with E-state index in [1.807, 2.05) is 5.32 Å². The molecule has 1 unspecified atom stereocenters. The van der Waals surface area contributed by atoms with Crippen molar-refractivity contribution in [3.8, 4) is 17.2 Å². The zero-order valence-electron chi connectivity index (χ0n) is 20.0. The van der Waals surface area contributed by atoms with E-state index < -0.39 is 30.0 Å². The van der Waals surface area contributed by atoms with E-state index in [2.05, 4.69) is 9.97 Å². The highest BCUT2D eigenvalue weighted by atomic mass is 32.2. The van der Waals surface area contributed by atoms with Gasteiger partial charge in [0, 0.05) is 28.5 Å². The molecule has 6 N–H and O–H groups in total. The molecule has 0 fully saturated rings. The summed E-state index contributed by atoms with van der Waals surface area (Å²) in [5.74, 6) is -1.99. The molecule has 0 aliphatic heterocycles. The zero-order chi connectivity index (χ0) is 25.6. The molecular weight excluding hydrogens is 426 g/mol. The summed E-state index contributed by atoms with van der Waals surface area (Å²) in [6.45, 7) is -3.00. The number of ether oxygens (including phenoxy) is 3. The first kappa shape index (κ1) is 19.5. The van der Waals surface area contributed by atoms with Crippen LogP contribution in [0.2, 0.25) is 0 Å². The Morgan fingerprint density at radius 2 is 1.87 bits per heavy atom. The molecule has 12 heteroatoms. The highest BCUT2D eigenvalue weighted by Gasteiger charge is 2.27. The van der Waals surface area contributed by atoms with Crippen LogP contribution in [0.1, 0.15) is 27.3 Å². The highest BCUT2D eigenvalue weighted by molar-refractivity contribution is 7.99. The molecule has 0 bridgehead atoms. The Labute approximate surface area is 187 Å². The number of nitrogens with one attached hydrogen (secondary N) is 1. The second-order valence-electron chi connectivity index (χ2n) is 6.11. The van der Waals surface area contributed by atoms with Gasteiger partial charge in [0.2, 0.25) is 17.6 Å². The number of rotatable bonds is 10. The maximum Gasteiger partial charge on any atom is 0.327 e. The number of benzene rings is 1. The first-order valence-electron chi connectivity index (χ1n) is 10.3. The van der Waals surface area contributed by atoms with Crippen LogP contribution >= 0.6 is 11.8 Å². The van der Waals surface area contributed by atoms with E-state index in [0.717, 1.165) is 11.8 Å². The highest BCUT2D eigenvalue weighted by Crippen LogP contribution is 2.45. The lowest BCUT2D eigenvalue weighted by molar-refractivity contribution is -0.140. The van der Waals surface area contributed by atoms with Crippen molar-refractivity contribution in [1.29, 1.82) is 0 Å². The summed E-state index contributed by atoms with van der Waals surface area (Å²) in [6.07, 6.45) is 1.40. The molecule has 0 radical (unpaired) electrons. The average molecular weight is 455 g/mol. The molecule has 1 aromatic heterocycles. The van der Waals surface area contributed by atoms with Crippen molar-refractivity contribution in [3.63, 3.8) is 0 Å². The Bertz CT molecular complexity index is 1030. The Balaban J connectivity index is 2.51. The molecule has 11 nitrogen and oxygen atoms in total. The van der Waals surface area contributed by atoms with Crippen LogP contribution in [0, 0.1) is 0 Å². The van der Waals surface area contributed by atoms with Crippen LogP contribution < -0.4 is 31.0 Å². The van der Waals surface area contributed by atoms with E-state index >= 15 is 0 Å². The van der Waals surface area contributed by atoms with Gasteiger partial charge in [-0.15, -0.1) is 11.8 Å². The zero-order valence-corrected chi connectivity index (χ0v) is 17.9. The van der Waals surface area contributed by atoms with Gasteiger partial charge in [-0.2, -0.15) is 4.98 Å². The normalized spacial score (nSPS) is 14.4. The van der Waals surface area contributed by atoms with Gasteiger partial charge in [-0.05, 0) is 17.7 Å². The lowest BCUT2D eigenvalue weighted by atomic mass is 10.0. The van der Waals surface area contributed by atoms with Crippen molar-refractivity contribution in [2.24, 2.45) is 0 Å². The number of anilines is 2. The van der Waals surface area contributed by atoms with Crippen molar-refractivity contribution in [1.82, 2.24) is 15.3 Å². The number of carboxylic acid groups (broad SMARTS) is 1. The third-order valence-electron chi connectivity index (χ3n) is 4.17. The van der Waals surface area contributed by atoms with Gasteiger partial charge in [0.1, 0.15) is 11.9 Å². The van der Waals surface area contributed by atoms with Crippen LogP contribution in [0.15, 0.2) is 18.3 Å². The number of nitrogens with two attached hydrogens (primary N) is 2. The predicted octanol–water partition coefficient (Wildman–Crippen LogP) is 1.08. The number of carbonyl (C=O) groups excluding carboxylic acids is 1. The maximum atomic E-state index is 11.8. The minimum atomic E-state index is -3.00. The van der Waals surface area contributed by atoms with Crippen LogP contribution in [0.4, 0.5) is 11.8 Å². The number of carboxylic acids is 1. The van der Waals surface area contributed by atoms with Gasteiger partial charge in [0.25, 0.3) is 0 Å². The van der Waals surface area contributed by atoms with Gasteiger partial charge in [0.15, 0.2) is 11.5 Å². The quantitative estimate of drug-likeness (QED) is 0.404. The molecule has 0 aliphatic carbocycles. The molecule has 0 saturated heterocycles. The number of amides is 1. The second kappa shape index (κ2) is 10.6. The van der Waals surface area contributed by atoms with Gasteiger partial charge in [-0.3, -0.25) is 4.79 Å². The lowest BCUT2D eigenvalue weighted by Gasteiger charge is -2.23. The van der Waals surface area contributed by atoms with Gasteiger partial charge >= 0.3 is 5.97 Å². The predicted molar refractivity (Wildman–Crippen MR) is 116 cm³/mol. The van der Waals surface area contributed by atoms with Crippen LogP contribution in [-0.4, -0.2) is 60.1 Å². The fourth-order valence-corrected chi connectivity index (χ4v) is 4.06. The SMILES string of the molecule is [2H]C([2H])([2H])C(=O)N[C@@H](CSC(c1cc(OC)c(OC)c(OC)c1)c1cnc(N)nc1N)C(=O)O. The van der Waals surface area contributed by atoms with Crippen molar-refractivity contribution in [3.05, 3.63) is 29.5 Å². The number of nitrogen functional groups attached to an aromatic ring is 2. The molecule has 31 heavy (non-hydrogen) atoms. The van der Waals surface area contributed by atoms with E-state index in [1.54, 1.807) is 12.1 Å². The Kier molecular flexibility index (Phi) is 6.66. The van der Waals surface area contributed by atoms with Crippen molar-refractivity contribution < 1.29 is 33.0 Å². The third-order valence-corrected chi connectivity index (χ3v) is 5.56. The molecule has 0 aliphatic rings. The monoisotopic (exact) mass is 454 g/mol. The largest absolute Gasteiger partial charge is 0.493 e. The van der Waals surface area contributed by atoms with E-state index in [1.165, 1.54) is 27.5 Å². The summed E-state index contributed by atoms with van der Waals surface area (Å²) in [5.41, 5.74) is 12.6.